The Hall–Kier alpha value is -3.93. The molecule has 6 nitrogen and oxygen atoms in total. The molecular formula is C21H16N4O2. The Kier molecular flexibility index (Phi) is 4.37. The van der Waals surface area contributed by atoms with Gasteiger partial charge in [0.15, 0.2) is 5.69 Å². The van der Waals surface area contributed by atoms with Crippen LogP contribution in [0.4, 0.5) is 11.4 Å². The van der Waals surface area contributed by atoms with E-state index in [1.807, 2.05) is 60.7 Å². The van der Waals surface area contributed by atoms with Crippen molar-refractivity contribution in [2.75, 3.05) is 0 Å². The number of nitrogens with zero attached hydrogens (tertiary/aromatic N) is 3. The minimum absolute atomic E-state index is 0.00133. The van der Waals surface area contributed by atoms with Crippen molar-refractivity contribution in [1.82, 2.24) is 9.78 Å². The lowest BCUT2D eigenvalue weighted by Crippen LogP contribution is -2.13. The Balaban J connectivity index is 1.88. The fourth-order valence-corrected chi connectivity index (χ4v) is 2.74. The summed E-state index contributed by atoms with van der Waals surface area (Å²) < 4.78 is 1.43. The van der Waals surface area contributed by atoms with Crippen molar-refractivity contribution >= 4 is 11.4 Å². The van der Waals surface area contributed by atoms with Crippen LogP contribution in [-0.2, 0) is 0 Å². The summed E-state index contributed by atoms with van der Waals surface area (Å²) in [6.07, 6.45) is 0. The van der Waals surface area contributed by atoms with Crippen LogP contribution in [0, 0.1) is 0 Å². The molecule has 4 rings (SSSR count). The predicted molar refractivity (Wildman–Crippen MR) is 104 cm³/mol. The van der Waals surface area contributed by atoms with Crippen LogP contribution in [0.25, 0.3) is 16.9 Å². The van der Waals surface area contributed by atoms with E-state index in [4.69, 9.17) is 0 Å². The van der Waals surface area contributed by atoms with Gasteiger partial charge in [-0.25, -0.2) is 4.68 Å². The zero-order valence-corrected chi connectivity index (χ0v) is 14.3. The number of nitrogens with one attached hydrogen (secondary N) is 1. The molecule has 27 heavy (non-hydrogen) atoms. The van der Waals surface area contributed by atoms with E-state index >= 15 is 0 Å². The number of H-pyrrole nitrogens is 1. The largest absolute Gasteiger partial charge is 0.506 e. The highest BCUT2D eigenvalue weighted by molar-refractivity contribution is 5.72. The van der Waals surface area contributed by atoms with E-state index in [9.17, 15) is 9.90 Å². The van der Waals surface area contributed by atoms with Crippen LogP contribution in [0.3, 0.4) is 0 Å². The van der Waals surface area contributed by atoms with Crippen molar-refractivity contribution in [2.24, 2.45) is 10.2 Å². The summed E-state index contributed by atoms with van der Waals surface area (Å²) in [7, 11) is 0. The van der Waals surface area contributed by atoms with Gasteiger partial charge in [-0.1, -0.05) is 60.7 Å². The van der Waals surface area contributed by atoms with Crippen molar-refractivity contribution in [3.63, 3.8) is 0 Å². The first-order chi connectivity index (χ1) is 13.2. The van der Waals surface area contributed by atoms with E-state index < -0.39 is 0 Å². The minimum atomic E-state index is -0.320. The average Bonchev–Trinajstić information content (AvgIpc) is 3.05. The topological polar surface area (TPSA) is 82.7 Å². The molecule has 1 aromatic heterocycles. The first-order valence-electron chi connectivity index (χ1n) is 8.39. The molecule has 0 amide bonds. The quantitative estimate of drug-likeness (QED) is 0.507. The lowest BCUT2D eigenvalue weighted by Gasteiger charge is -2.01. The number of aromatic nitrogens is 2. The second-order valence-electron chi connectivity index (χ2n) is 5.87. The summed E-state index contributed by atoms with van der Waals surface area (Å²) in [5.41, 5.74) is 2.22. The lowest BCUT2D eigenvalue weighted by atomic mass is 10.1. The molecule has 0 atom stereocenters. The lowest BCUT2D eigenvalue weighted by molar-refractivity contribution is 0.476. The van der Waals surface area contributed by atoms with E-state index in [2.05, 4.69) is 15.3 Å². The van der Waals surface area contributed by atoms with E-state index in [1.54, 1.807) is 18.2 Å². The third kappa shape index (κ3) is 3.28. The molecule has 3 aromatic carbocycles. The number of azo groups is 1. The summed E-state index contributed by atoms with van der Waals surface area (Å²) in [5.74, 6) is 0.00133. The maximum atomic E-state index is 13.0. The maximum Gasteiger partial charge on any atom is 0.299 e. The molecule has 0 aliphatic heterocycles. The Morgan fingerprint density at radius 1 is 0.778 bits per heavy atom. The number of aromatic hydroxyl groups is 1. The number of hydrogen-bond acceptors (Lipinski definition) is 4. The molecule has 0 aliphatic carbocycles. The molecular weight excluding hydrogens is 340 g/mol. The molecule has 0 bridgehead atoms. The van der Waals surface area contributed by atoms with E-state index in [0.717, 1.165) is 5.56 Å². The number of benzene rings is 3. The zero-order valence-electron chi connectivity index (χ0n) is 14.3. The number of aromatic amines is 1. The Morgan fingerprint density at radius 2 is 1.41 bits per heavy atom. The van der Waals surface area contributed by atoms with Gasteiger partial charge in [-0.2, -0.15) is 0 Å². The van der Waals surface area contributed by atoms with E-state index in [0.29, 0.717) is 17.1 Å². The normalized spacial score (nSPS) is 11.1. The fraction of sp³-hybridized carbons (Fsp3) is 0. The van der Waals surface area contributed by atoms with Crippen LogP contribution in [0.15, 0.2) is 100.0 Å². The Morgan fingerprint density at radius 3 is 2.11 bits per heavy atom. The van der Waals surface area contributed by atoms with Gasteiger partial charge in [0, 0.05) is 5.56 Å². The second kappa shape index (κ2) is 7.13. The first-order valence-corrected chi connectivity index (χ1v) is 8.39. The highest BCUT2D eigenvalue weighted by Crippen LogP contribution is 2.30. The van der Waals surface area contributed by atoms with Crippen molar-refractivity contribution in [3.05, 3.63) is 95.3 Å². The van der Waals surface area contributed by atoms with Gasteiger partial charge in [-0.3, -0.25) is 9.89 Å². The molecule has 132 valence electrons. The van der Waals surface area contributed by atoms with Crippen LogP contribution < -0.4 is 5.56 Å². The summed E-state index contributed by atoms with van der Waals surface area (Å²) in [4.78, 5) is 13.0. The van der Waals surface area contributed by atoms with Gasteiger partial charge in [0.1, 0.15) is 11.4 Å². The highest BCUT2D eigenvalue weighted by atomic mass is 16.3. The third-order valence-electron chi connectivity index (χ3n) is 4.08. The average molecular weight is 356 g/mol. The van der Waals surface area contributed by atoms with Gasteiger partial charge in [0.25, 0.3) is 5.56 Å². The molecule has 0 unspecified atom stereocenters. The van der Waals surface area contributed by atoms with Crippen molar-refractivity contribution in [1.29, 1.82) is 0 Å². The molecule has 1 heterocycles. The predicted octanol–water partition coefficient (Wildman–Crippen LogP) is 4.95. The standard InChI is InChI=1S/C21H16N4O2/c26-18-14-8-7-13-17(18)22-23-20-19(15-9-3-1-4-10-15)24-25(21(20)27)16-11-5-2-6-12-16/h1-14,24,26H. The number of phenolic OH excluding ortho intramolecular Hbond substituents is 1. The summed E-state index contributed by atoms with van der Waals surface area (Å²) >= 11 is 0. The minimum Gasteiger partial charge on any atom is -0.506 e. The molecule has 0 saturated heterocycles. The number of para-hydroxylation sites is 2. The van der Waals surface area contributed by atoms with Crippen molar-refractivity contribution in [2.45, 2.75) is 0 Å². The van der Waals surface area contributed by atoms with Gasteiger partial charge in [0.2, 0.25) is 0 Å². The summed E-state index contributed by atoms with van der Waals surface area (Å²) in [6.45, 7) is 0. The van der Waals surface area contributed by atoms with Crippen molar-refractivity contribution < 1.29 is 5.11 Å². The maximum absolute atomic E-state index is 13.0. The zero-order chi connectivity index (χ0) is 18.6. The Bertz CT molecular complexity index is 1150. The fourth-order valence-electron chi connectivity index (χ4n) is 2.74. The summed E-state index contributed by atoms with van der Waals surface area (Å²) in [6, 6.07) is 25.3. The van der Waals surface area contributed by atoms with Gasteiger partial charge >= 0.3 is 0 Å². The third-order valence-corrected chi connectivity index (χ3v) is 4.08. The van der Waals surface area contributed by atoms with E-state index in [-0.39, 0.29) is 17.0 Å². The molecule has 0 fully saturated rings. The molecule has 2 N–H and O–H groups in total. The smallest absolute Gasteiger partial charge is 0.299 e. The molecule has 0 spiro atoms. The molecule has 0 aliphatic rings. The monoisotopic (exact) mass is 356 g/mol. The van der Waals surface area contributed by atoms with Crippen LogP contribution in [0.1, 0.15) is 0 Å². The van der Waals surface area contributed by atoms with Gasteiger partial charge in [-0.05, 0) is 24.3 Å². The number of rotatable bonds is 4. The van der Waals surface area contributed by atoms with Crippen LogP contribution in [-0.4, -0.2) is 14.9 Å². The first kappa shape index (κ1) is 16.5. The number of hydrogen-bond donors (Lipinski definition) is 2. The SMILES string of the molecule is O=c1c(N=Nc2ccccc2O)c(-c2ccccc2)[nH]n1-c1ccccc1. The Labute approximate surface area is 155 Å². The molecule has 0 radical (unpaired) electrons. The van der Waals surface area contributed by atoms with Crippen molar-refractivity contribution in [3.8, 4) is 22.7 Å². The van der Waals surface area contributed by atoms with Crippen LogP contribution in [0.5, 0.6) is 5.75 Å². The molecule has 6 heteroatoms. The van der Waals surface area contributed by atoms with Crippen LogP contribution in [0.2, 0.25) is 0 Å². The van der Waals surface area contributed by atoms with Gasteiger partial charge in [-0.15, -0.1) is 10.2 Å². The highest BCUT2D eigenvalue weighted by Gasteiger charge is 2.16. The second-order valence-corrected chi connectivity index (χ2v) is 5.87. The number of phenols is 1. The van der Waals surface area contributed by atoms with Gasteiger partial charge < -0.3 is 5.11 Å². The molecule has 4 aromatic rings. The van der Waals surface area contributed by atoms with Gasteiger partial charge in [0.05, 0.1) is 11.4 Å². The molecule has 0 saturated carbocycles. The van der Waals surface area contributed by atoms with Crippen LogP contribution >= 0.6 is 0 Å². The van der Waals surface area contributed by atoms with E-state index in [1.165, 1.54) is 10.7 Å². The summed E-state index contributed by atoms with van der Waals surface area (Å²) in [5, 5.41) is 21.2.